The Hall–Kier alpha value is -2.61. The van der Waals surface area contributed by atoms with Crippen LogP contribution in [0.1, 0.15) is 16.8 Å². The molecule has 2 rings (SSSR count). The van der Waals surface area contributed by atoms with Crippen molar-refractivity contribution in [1.29, 1.82) is 0 Å². The highest BCUT2D eigenvalue weighted by Gasteiger charge is 2.16. The van der Waals surface area contributed by atoms with Crippen LogP contribution in [0.3, 0.4) is 0 Å². The summed E-state index contributed by atoms with van der Waals surface area (Å²) in [5, 5.41) is 5.21. The second-order valence-corrected chi connectivity index (χ2v) is 4.88. The van der Waals surface area contributed by atoms with Crippen molar-refractivity contribution in [2.24, 2.45) is 0 Å². The van der Waals surface area contributed by atoms with Crippen LogP contribution in [0.2, 0.25) is 0 Å². The van der Waals surface area contributed by atoms with Gasteiger partial charge in [-0.3, -0.25) is 4.79 Å². The van der Waals surface area contributed by atoms with E-state index in [1.807, 2.05) is 0 Å². The first kappa shape index (κ1) is 17.7. The summed E-state index contributed by atoms with van der Waals surface area (Å²) >= 11 is 0. The number of carbonyl (C=O) groups is 1. The van der Waals surface area contributed by atoms with Gasteiger partial charge in [0, 0.05) is 32.0 Å². The summed E-state index contributed by atoms with van der Waals surface area (Å²) in [6, 6.07) is 4.59. The van der Waals surface area contributed by atoms with E-state index in [1.54, 1.807) is 7.11 Å². The molecular formula is C16H16F3N3O2. The van der Waals surface area contributed by atoms with E-state index in [2.05, 4.69) is 15.6 Å². The van der Waals surface area contributed by atoms with Crippen molar-refractivity contribution in [3.8, 4) is 0 Å². The third kappa shape index (κ3) is 4.45. The number of carbonyl (C=O) groups excluding carboxylic acids is 1. The van der Waals surface area contributed by atoms with Gasteiger partial charge in [0.2, 0.25) is 0 Å². The van der Waals surface area contributed by atoms with E-state index in [9.17, 15) is 18.0 Å². The number of amides is 1. The number of pyridine rings is 1. The van der Waals surface area contributed by atoms with E-state index in [-0.39, 0.29) is 5.56 Å². The topological polar surface area (TPSA) is 63.2 Å². The molecule has 0 aliphatic rings. The summed E-state index contributed by atoms with van der Waals surface area (Å²) in [5.41, 5.74) is -0.242. The number of hydrogen-bond donors (Lipinski definition) is 2. The van der Waals surface area contributed by atoms with Crippen molar-refractivity contribution in [2.75, 3.05) is 30.9 Å². The molecule has 0 unspecified atom stereocenters. The fraction of sp³-hybridized carbons (Fsp3) is 0.250. The predicted octanol–water partition coefficient (Wildman–Crippen LogP) is 3.20. The van der Waals surface area contributed by atoms with Gasteiger partial charge >= 0.3 is 0 Å². The van der Waals surface area contributed by atoms with Gasteiger partial charge in [0.15, 0.2) is 17.5 Å². The lowest BCUT2D eigenvalue weighted by Gasteiger charge is -2.09. The summed E-state index contributed by atoms with van der Waals surface area (Å²) in [7, 11) is 1.60. The fourth-order valence-corrected chi connectivity index (χ4v) is 1.92. The largest absolute Gasteiger partial charge is 0.385 e. The van der Waals surface area contributed by atoms with Crippen molar-refractivity contribution in [2.45, 2.75) is 6.42 Å². The number of nitrogens with one attached hydrogen (secondary N) is 2. The van der Waals surface area contributed by atoms with Crippen molar-refractivity contribution in [3.05, 3.63) is 53.5 Å². The van der Waals surface area contributed by atoms with Gasteiger partial charge in [-0.15, -0.1) is 0 Å². The van der Waals surface area contributed by atoms with Crippen LogP contribution in [0.5, 0.6) is 0 Å². The van der Waals surface area contributed by atoms with Crippen LogP contribution < -0.4 is 10.6 Å². The minimum absolute atomic E-state index is 0.198. The van der Waals surface area contributed by atoms with Crippen LogP contribution >= 0.6 is 0 Å². The molecule has 128 valence electrons. The number of rotatable bonds is 7. The Morgan fingerprint density at radius 1 is 1.21 bits per heavy atom. The maximum Gasteiger partial charge on any atom is 0.255 e. The van der Waals surface area contributed by atoms with Crippen molar-refractivity contribution in [1.82, 2.24) is 4.98 Å². The molecule has 0 atom stereocenters. The van der Waals surface area contributed by atoms with E-state index in [0.29, 0.717) is 19.0 Å². The number of methoxy groups -OCH3 is 1. The van der Waals surface area contributed by atoms with Gasteiger partial charge in [-0.25, -0.2) is 18.2 Å². The Morgan fingerprint density at radius 2 is 2.00 bits per heavy atom. The molecule has 1 aromatic heterocycles. The molecule has 8 heteroatoms. The number of benzene rings is 1. The SMILES string of the molecule is COCCCNc1cc(C(=O)Nc2ccc(F)c(F)c2F)ccn1. The highest BCUT2D eigenvalue weighted by atomic mass is 19.2. The summed E-state index contributed by atoms with van der Waals surface area (Å²) < 4.78 is 44.6. The molecule has 24 heavy (non-hydrogen) atoms. The van der Waals surface area contributed by atoms with Gasteiger partial charge in [0.05, 0.1) is 5.69 Å². The molecule has 1 heterocycles. The number of ether oxygens (including phenoxy) is 1. The molecule has 2 aromatic rings. The highest BCUT2D eigenvalue weighted by Crippen LogP contribution is 2.20. The summed E-state index contributed by atoms with van der Waals surface area (Å²) in [6.45, 7) is 1.19. The normalized spacial score (nSPS) is 10.5. The maximum atomic E-state index is 13.6. The van der Waals surface area contributed by atoms with Crippen LogP contribution in [0.15, 0.2) is 30.5 Å². The molecule has 0 saturated carbocycles. The smallest absolute Gasteiger partial charge is 0.255 e. The van der Waals surface area contributed by atoms with E-state index in [4.69, 9.17) is 4.74 Å². The minimum atomic E-state index is -1.64. The Morgan fingerprint density at radius 3 is 2.75 bits per heavy atom. The molecule has 0 aliphatic heterocycles. The summed E-state index contributed by atoms with van der Waals surface area (Å²) in [4.78, 5) is 16.2. The standard InChI is InChI=1S/C16H16F3N3O2/c1-24-8-2-6-20-13-9-10(5-7-21-13)16(23)22-12-4-3-11(17)14(18)15(12)19/h3-5,7,9H,2,6,8H2,1H3,(H,20,21)(H,22,23). The zero-order valence-electron chi connectivity index (χ0n) is 12.9. The third-order valence-corrected chi connectivity index (χ3v) is 3.14. The molecule has 0 radical (unpaired) electrons. The van der Waals surface area contributed by atoms with Crippen molar-refractivity contribution < 1.29 is 22.7 Å². The zero-order chi connectivity index (χ0) is 17.5. The zero-order valence-corrected chi connectivity index (χ0v) is 12.9. The first-order valence-electron chi connectivity index (χ1n) is 7.16. The Kier molecular flexibility index (Phi) is 6.14. The lowest BCUT2D eigenvalue weighted by molar-refractivity contribution is 0.102. The monoisotopic (exact) mass is 339 g/mol. The molecule has 2 N–H and O–H groups in total. The van der Waals surface area contributed by atoms with Gasteiger partial charge in [-0.2, -0.15) is 0 Å². The van der Waals surface area contributed by atoms with Crippen LogP contribution in [0.4, 0.5) is 24.7 Å². The molecule has 0 spiro atoms. The fourth-order valence-electron chi connectivity index (χ4n) is 1.92. The Labute approximate surface area is 136 Å². The van der Waals surface area contributed by atoms with Crippen LogP contribution in [-0.2, 0) is 4.74 Å². The lowest BCUT2D eigenvalue weighted by Crippen LogP contribution is -2.15. The number of aromatic nitrogens is 1. The van der Waals surface area contributed by atoms with E-state index >= 15 is 0 Å². The quantitative estimate of drug-likeness (QED) is 0.601. The molecule has 1 aromatic carbocycles. The molecule has 1 amide bonds. The Bertz CT molecular complexity index is 726. The molecule has 5 nitrogen and oxygen atoms in total. The van der Waals surface area contributed by atoms with Gasteiger partial charge in [-0.1, -0.05) is 0 Å². The molecule has 0 aliphatic carbocycles. The van der Waals surface area contributed by atoms with E-state index in [1.165, 1.54) is 18.3 Å². The first-order valence-corrected chi connectivity index (χ1v) is 7.16. The minimum Gasteiger partial charge on any atom is -0.385 e. The van der Waals surface area contributed by atoms with Crippen LogP contribution in [0, 0.1) is 17.5 Å². The third-order valence-electron chi connectivity index (χ3n) is 3.14. The van der Waals surface area contributed by atoms with Gasteiger partial charge < -0.3 is 15.4 Å². The number of anilines is 2. The number of hydrogen-bond acceptors (Lipinski definition) is 4. The Balaban J connectivity index is 2.06. The second kappa shape index (κ2) is 8.30. The van der Waals surface area contributed by atoms with Crippen molar-refractivity contribution in [3.63, 3.8) is 0 Å². The maximum absolute atomic E-state index is 13.6. The molecule has 0 fully saturated rings. The average molecular weight is 339 g/mol. The predicted molar refractivity (Wildman–Crippen MR) is 83.5 cm³/mol. The first-order chi connectivity index (χ1) is 11.5. The van der Waals surface area contributed by atoms with Crippen LogP contribution in [-0.4, -0.2) is 31.2 Å². The van der Waals surface area contributed by atoms with E-state index in [0.717, 1.165) is 18.6 Å². The van der Waals surface area contributed by atoms with Crippen LogP contribution in [0.25, 0.3) is 0 Å². The number of halogens is 3. The number of nitrogens with zero attached hydrogens (tertiary/aromatic N) is 1. The average Bonchev–Trinajstić information content (AvgIpc) is 2.59. The van der Waals surface area contributed by atoms with E-state index < -0.39 is 29.0 Å². The molecular weight excluding hydrogens is 323 g/mol. The highest BCUT2D eigenvalue weighted by molar-refractivity contribution is 6.04. The molecule has 0 saturated heterocycles. The lowest BCUT2D eigenvalue weighted by atomic mass is 10.2. The van der Waals surface area contributed by atoms with Crippen molar-refractivity contribution >= 4 is 17.4 Å². The second-order valence-electron chi connectivity index (χ2n) is 4.88. The summed E-state index contributed by atoms with van der Waals surface area (Å²) in [6.07, 6.45) is 2.17. The summed E-state index contributed by atoms with van der Waals surface area (Å²) in [5.74, 6) is -4.61. The van der Waals surface area contributed by atoms with Gasteiger partial charge in [0.25, 0.3) is 5.91 Å². The van der Waals surface area contributed by atoms with Gasteiger partial charge in [-0.05, 0) is 30.7 Å². The molecule has 0 bridgehead atoms. The van der Waals surface area contributed by atoms with Gasteiger partial charge in [0.1, 0.15) is 5.82 Å².